The Balaban J connectivity index is 1.91. The number of ether oxygens (including phenoxy) is 2. The number of aromatic nitrogens is 3. The summed E-state index contributed by atoms with van der Waals surface area (Å²) in [5.41, 5.74) is 0.768. The standard InChI is InChI=1S/C20H19N3O5/c1-20(2)18-13(9-28-20)23-17(10-5-4-6-15(27-3)16(10)21-23)12-7-14(24)11(19(25)26)8-22(12)18/h4-8,13,18H,9H2,1-3H3,(H,25,26)/t13-,18?/m1/s1. The molecule has 1 unspecified atom stereocenters. The first-order valence-electron chi connectivity index (χ1n) is 9.02. The molecule has 0 aliphatic carbocycles. The number of carboxylic acids is 1. The number of methoxy groups -OCH3 is 1. The maximum absolute atomic E-state index is 12.5. The van der Waals surface area contributed by atoms with E-state index in [0.717, 1.165) is 11.1 Å². The number of aromatic carboxylic acids is 1. The molecule has 0 radical (unpaired) electrons. The van der Waals surface area contributed by atoms with Gasteiger partial charge >= 0.3 is 5.97 Å². The average molecular weight is 381 g/mol. The molecule has 3 aromatic rings. The summed E-state index contributed by atoms with van der Waals surface area (Å²) in [7, 11) is 1.59. The van der Waals surface area contributed by atoms with Crippen LogP contribution in [-0.4, -0.2) is 44.7 Å². The molecule has 2 aliphatic rings. The van der Waals surface area contributed by atoms with Crippen LogP contribution in [0.2, 0.25) is 0 Å². The Hall–Kier alpha value is -3.13. The minimum atomic E-state index is -1.24. The van der Waals surface area contributed by atoms with Gasteiger partial charge in [0.05, 0.1) is 42.8 Å². The smallest absolute Gasteiger partial charge is 0.341 e. The van der Waals surface area contributed by atoms with Gasteiger partial charge in [-0.15, -0.1) is 0 Å². The van der Waals surface area contributed by atoms with Gasteiger partial charge in [0, 0.05) is 17.6 Å². The summed E-state index contributed by atoms with van der Waals surface area (Å²) in [6.07, 6.45) is 1.44. The number of fused-ring (bicyclic) bond motifs is 8. The molecule has 0 amide bonds. The molecule has 2 aliphatic heterocycles. The zero-order chi connectivity index (χ0) is 19.8. The lowest BCUT2D eigenvalue weighted by Crippen LogP contribution is -2.38. The van der Waals surface area contributed by atoms with Gasteiger partial charge in [-0.3, -0.25) is 9.48 Å². The lowest BCUT2D eigenvalue weighted by Gasteiger charge is -2.37. The molecule has 144 valence electrons. The highest BCUT2D eigenvalue weighted by Gasteiger charge is 2.50. The molecule has 1 N–H and O–H groups in total. The van der Waals surface area contributed by atoms with Gasteiger partial charge in [0.1, 0.15) is 16.8 Å². The van der Waals surface area contributed by atoms with Crippen LogP contribution in [-0.2, 0) is 4.74 Å². The van der Waals surface area contributed by atoms with E-state index in [1.165, 1.54) is 12.3 Å². The van der Waals surface area contributed by atoms with E-state index < -0.39 is 17.0 Å². The minimum absolute atomic E-state index is 0.126. The van der Waals surface area contributed by atoms with Crippen molar-refractivity contribution in [3.63, 3.8) is 0 Å². The fourth-order valence-electron chi connectivity index (χ4n) is 4.55. The summed E-state index contributed by atoms with van der Waals surface area (Å²) in [5, 5.41) is 15.1. The Kier molecular flexibility index (Phi) is 3.31. The second-order valence-corrected chi connectivity index (χ2v) is 7.73. The molecule has 8 heteroatoms. The van der Waals surface area contributed by atoms with E-state index in [4.69, 9.17) is 14.6 Å². The molecule has 1 saturated heterocycles. The van der Waals surface area contributed by atoms with E-state index in [-0.39, 0.29) is 17.6 Å². The fraction of sp³-hybridized carbons (Fsp3) is 0.350. The Morgan fingerprint density at radius 3 is 2.89 bits per heavy atom. The zero-order valence-electron chi connectivity index (χ0n) is 15.7. The first kappa shape index (κ1) is 17.0. The van der Waals surface area contributed by atoms with Crippen LogP contribution >= 0.6 is 0 Å². The molecular weight excluding hydrogens is 362 g/mol. The highest BCUT2D eigenvalue weighted by atomic mass is 16.5. The lowest BCUT2D eigenvalue weighted by atomic mass is 9.91. The molecule has 0 spiro atoms. The maximum Gasteiger partial charge on any atom is 0.341 e. The minimum Gasteiger partial charge on any atom is -0.494 e. The molecule has 4 heterocycles. The quantitative estimate of drug-likeness (QED) is 0.733. The summed E-state index contributed by atoms with van der Waals surface area (Å²) >= 11 is 0. The number of pyridine rings is 1. The molecule has 28 heavy (non-hydrogen) atoms. The number of benzene rings is 1. The molecule has 2 atom stereocenters. The van der Waals surface area contributed by atoms with Crippen molar-refractivity contribution < 1.29 is 19.4 Å². The van der Waals surface area contributed by atoms with Gasteiger partial charge < -0.3 is 19.1 Å². The normalized spacial score (nSPS) is 21.8. The van der Waals surface area contributed by atoms with Gasteiger partial charge in [-0.2, -0.15) is 5.10 Å². The third-order valence-electron chi connectivity index (χ3n) is 5.78. The van der Waals surface area contributed by atoms with E-state index in [9.17, 15) is 14.7 Å². The Morgan fingerprint density at radius 2 is 2.18 bits per heavy atom. The Labute approximate surface area is 159 Å². The summed E-state index contributed by atoms with van der Waals surface area (Å²) in [6.45, 7) is 4.37. The lowest BCUT2D eigenvalue weighted by molar-refractivity contribution is 0.0145. The Bertz CT molecular complexity index is 1210. The third-order valence-corrected chi connectivity index (χ3v) is 5.78. The monoisotopic (exact) mass is 381 g/mol. The summed E-state index contributed by atoms with van der Waals surface area (Å²) in [6, 6.07) is 6.71. The fourth-order valence-corrected chi connectivity index (χ4v) is 4.55. The van der Waals surface area contributed by atoms with Gasteiger partial charge in [0.15, 0.2) is 5.43 Å². The van der Waals surface area contributed by atoms with Crippen LogP contribution < -0.4 is 10.2 Å². The van der Waals surface area contributed by atoms with Crippen LogP contribution in [0.3, 0.4) is 0 Å². The van der Waals surface area contributed by atoms with Crippen LogP contribution in [0.1, 0.15) is 36.3 Å². The first-order valence-corrected chi connectivity index (χ1v) is 9.02. The van der Waals surface area contributed by atoms with E-state index in [1.54, 1.807) is 7.11 Å². The molecule has 1 fully saturated rings. The van der Waals surface area contributed by atoms with Crippen molar-refractivity contribution in [3.8, 4) is 17.1 Å². The van der Waals surface area contributed by atoms with Crippen molar-refractivity contribution in [1.29, 1.82) is 0 Å². The van der Waals surface area contributed by atoms with Crippen molar-refractivity contribution in [3.05, 3.63) is 46.2 Å². The summed E-state index contributed by atoms with van der Waals surface area (Å²) in [4.78, 5) is 24.1. The van der Waals surface area contributed by atoms with Gasteiger partial charge in [0.2, 0.25) is 0 Å². The number of hydrogen-bond donors (Lipinski definition) is 1. The summed E-state index contributed by atoms with van der Waals surface area (Å²) < 4.78 is 15.3. The van der Waals surface area contributed by atoms with E-state index >= 15 is 0 Å². The number of carbonyl (C=O) groups is 1. The molecule has 0 bridgehead atoms. The number of rotatable bonds is 2. The predicted octanol–water partition coefficient (Wildman–Crippen LogP) is 2.48. The van der Waals surface area contributed by atoms with Crippen LogP contribution in [0.4, 0.5) is 0 Å². The maximum atomic E-state index is 12.5. The first-order chi connectivity index (χ1) is 13.3. The van der Waals surface area contributed by atoms with Crippen LogP contribution in [0.25, 0.3) is 22.3 Å². The van der Waals surface area contributed by atoms with Crippen molar-refractivity contribution in [2.24, 2.45) is 0 Å². The van der Waals surface area contributed by atoms with Crippen LogP contribution in [0, 0.1) is 0 Å². The molecular formula is C20H19N3O5. The largest absolute Gasteiger partial charge is 0.494 e. The van der Waals surface area contributed by atoms with Crippen molar-refractivity contribution in [2.75, 3.05) is 13.7 Å². The number of carboxylic acid groups (broad SMARTS) is 1. The van der Waals surface area contributed by atoms with Gasteiger partial charge in [-0.1, -0.05) is 12.1 Å². The van der Waals surface area contributed by atoms with E-state index in [0.29, 0.717) is 23.6 Å². The molecule has 8 nitrogen and oxygen atoms in total. The van der Waals surface area contributed by atoms with Gasteiger partial charge in [0.25, 0.3) is 0 Å². The highest BCUT2D eigenvalue weighted by molar-refractivity contribution is 5.97. The zero-order valence-corrected chi connectivity index (χ0v) is 15.7. The van der Waals surface area contributed by atoms with Crippen molar-refractivity contribution in [1.82, 2.24) is 14.3 Å². The highest BCUT2D eigenvalue weighted by Crippen LogP contribution is 2.50. The van der Waals surface area contributed by atoms with Crippen LogP contribution in [0.15, 0.2) is 35.3 Å². The predicted molar refractivity (Wildman–Crippen MR) is 101 cm³/mol. The number of hydrogen-bond acceptors (Lipinski definition) is 5. The van der Waals surface area contributed by atoms with Crippen LogP contribution in [0.5, 0.6) is 5.75 Å². The van der Waals surface area contributed by atoms with E-state index in [2.05, 4.69) is 0 Å². The second kappa shape index (κ2) is 5.45. The SMILES string of the molecule is COc1cccc2c3n(nc12)[C@@H]1COC(C)(C)C1n1cc(C(=O)O)c(=O)cc1-3. The van der Waals surface area contributed by atoms with E-state index in [1.807, 2.05) is 41.3 Å². The third kappa shape index (κ3) is 2.06. The molecule has 5 rings (SSSR count). The molecule has 2 aromatic heterocycles. The average Bonchev–Trinajstić information content (AvgIpc) is 3.19. The number of nitrogens with zero attached hydrogens (tertiary/aromatic N) is 3. The second-order valence-electron chi connectivity index (χ2n) is 7.73. The van der Waals surface area contributed by atoms with Gasteiger partial charge in [-0.05, 0) is 19.9 Å². The molecule has 1 aromatic carbocycles. The molecule has 0 saturated carbocycles. The Morgan fingerprint density at radius 1 is 1.39 bits per heavy atom. The summed E-state index contributed by atoms with van der Waals surface area (Å²) in [5.74, 6) is -0.593. The topological polar surface area (TPSA) is 95.6 Å². The van der Waals surface area contributed by atoms with Crippen molar-refractivity contribution >= 4 is 16.9 Å². The van der Waals surface area contributed by atoms with Crippen molar-refractivity contribution in [2.45, 2.75) is 31.5 Å². The van der Waals surface area contributed by atoms with Gasteiger partial charge in [-0.25, -0.2) is 4.79 Å².